The minimum absolute atomic E-state index is 0.114. The van der Waals surface area contributed by atoms with Gasteiger partial charge in [-0.2, -0.15) is 0 Å². The second kappa shape index (κ2) is 5.21. The fourth-order valence-corrected chi connectivity index (χ4v) is 2.23. The average molecular weight is 260 g/mol. The molecule has 0 aliphatic heterocycles. The summed E-state index contributed by atoms with van der Waals surface area (Å²) in [5.41, 5.74) is 0.598. The Bertz CT molecular complexity index is 381. The predicted octanol–water partition coefficient (Wildman–Crippen LogP) is 4.08. The summed E-state index contributed by atoms with van der Waals surface area (Å²) in [5, 5.41) is 0. The zero-order chi connectivity index (χ0) is 12.4. The third kappa shape index (κ3) is 2.71. The summed E-state index contributed by atoms with van der Waals surface area (Å²) in [6.45, 7) is 2.71. The molecule has 0 heterocycles. The average Bonchev–Trinajstić information content (AvgIpc) is 3.10. The van der Waals surface area contributed by atoms with Gasteiger partial charge in [0.1, 0.15) is 17.3 Å². The molecule has 1 aromatic carbocycles. The zero-order valence-corrected chi connectivity index (χ0v) is 10.6. The number of rotatable bonds is 5. The molecule has 0 unspecified atom stereocenters. The van der Waals surface area contributed by atoms with Gasteiger partial charge >= 0.3 is 0 Å². The van der Waals surface area contributed by atoms with Gasteiger partial charge in [-0.15, -0.1) is 11.6 Å². The Kier molecular flexibility index (Phi) is 3.87. The number of nitrogens with zero attached hydrogens (tertiary/aromatic N) is 1. The molecule has 0 aromatic heterocycles. The maximum atomic E-state index is 13.9. The lowest BCUT2D eigenvalue weighted by atomic mass is 10.2. The van der Waals surface area contributed by atoms with E-state index < -0.39 is 11.6 Å². The molecule has 0 atom stereocenters. The predicted molar refractivity (Wildman–Crippen MR) is 66.6 cm³/mol. The summed E-state index contributed by atoms with van der Waals surface area (Å²) >= 11 is 5.59. The lowest BCUT2D eigenvalue weighted by Gasteiger charge is -2.25. The van der Waals surface area contributed by atoms with Gasteiger partial charge in [0.25, 0.3) is 0 Å². The summed E-state index contributed by atoms with van der Waals surface area (Å²) in [4.78, 5) is 1.85. The van der Waals surface area contributed by atoms with Crippen LogP contribution in [-0.2, 0) is 5.88 Å². The quantitative estimate of drug-likeness (QED) is 0.720. The number of halogens is 3. The first-order chi connectivity index (χ1) is 8.17. The summed E-state index contributed by atoms with van der Waals surface area (Å²) in [7, 11) is 0. The molecule has 1 nitrogen and oxygen atoms in total. The standard InChI is InChI=1S/C13H16ClF2N/c1-2-5-17(10-3-4-10)13-11(15)6-9(8-14)7-12(13)16/h6-7,10H,2-5,8H2,1H3. The third-order valence-corrected chi connectivity index (χ3v) is 3.28. The number of alkyl halides is 1. The van der Waals surface area contributed by atoms with Crippen LogP contribution in [-0.4, -0.2) is 12.6 Å². The first kappa shape index (κ1) is 12.6. The molecule has 1 saturated carbocycles. The molecule has 1 aromatic rings. The van der Waals surface area contributed by atoms with Crippen LogP contribution >= 0.6 is 11.6 Å². The van der Waals surface area contributed by atoms with Crippen LogP contribution < -0.4 is 4.90 Å². The van der Waals surface area contributed by atoms with Gasteiger partial charge in [-0.25, -0.2) is 8.78 Å². The van der Waals surface area contributed by atoms with Crippen molar-refractivity contribution in [3.8, 4) is 0 Å². The van der Waals surface area contributed by atoms with Crippen molar-refractivity contribution in [3.63, 3.8) is 0 Å². The van der Waals surface area contributed by atoms with Crippen LogP contribution in [0.5, 0.6) is 0 Å². The Labute approximate surface area is 105 Å². The normalized spacial score (nSPS) is 15.1. The van der Waals surface area contributed by atoms with E-state index in [-0.39, 0.29) is 11.6 Å². The van der Waals surface area contributed by atoms with Crippen molar-refractivity contribution in [2.45, 2.75) is 38.1 Å². The highest BCUT2D eigenvalue weighted by Crippen LogP contribution is 2.35. The van der Waals surface area contributed by atoms with Gasteiger partial charge in [-0.1, -0.05) is 6.92 Å². The zero-order valence-electron chi connectivity index (χ0n) is 9.85. The van der Waals surface area contributed by atoms with Gasteiger partial charge in [-0.3, -0.25) is 0 Å². The van der Waals surface area contributed by atoms with Crippen LogP contribution in [0.25, 0.3) is 0 Å². The minimum Gasteiger partial charge on any atom is -0.364 e. The van der Waals surface area contributed by atoms with E-state index in [2.05, 4.69) is 0 Å². The first-order valence-electron chi connectivity index (χ1n) is 5.98. The highest BCUT2D eigenvalue weighted by molar-refractivity contribution is 6.17. The largest absolute Gasteiger partial charge is 0.364 e. The van der Waals surface area contributed by atoms with E-state index in [0.717, 1.165) is 19.3 Å². The van der Waals surface area contributed by atoms with Gasteiger partial charge in [-0.05, 0) is 37.0 Å². The van der Waals surface area contributed by atoms with Crippen LogP contribution in [0.2, 0.25) is 0 Å². The van der Waals surface area contributed by atoms with Crippen molar-refractivity contribution >= 4 is 17.3 Å². The molecule has 0 amide bonds. The molecule has 1 fully saturated rings. The Balaban J connectivity index is 2.35. The van der Waals surface area contributed by atoms with Gasteiger partial charge in [0.15, 0.2) is 0 Å². The highest BCUT2D eigenvalue weighted by atomic mass is 35.5. The molecular weight excluding hydrogens is 244 g/mol. The summed E-state index contributed by atoms with van der Waals surface area (Å²) in [5.74, 6) is -0.868. The van der Waals surface area contributed by atoms with Crippen LogP contribution in [0, 0.1) is 11.6 Å². The molecule has 0 bridgehead atoms. The van der Waals surface area contributed by atoms with Crippen molar-refractivity contribution in [2.24, 2.45) is 0 Å². The summed E-state index contributed by atoms with van der Waals surface area (Å²) in [6.07, 6.45) is 2.93. The van der Waals surface area contributed by atoms with E-state index in [1.54, 1.807) is 0 Å². The van der Waals surface area contributed by atoms with Crippen molar-refractivity contribution in [1.29, 1.82) is 0 Å². The molecule has 17 heavy (non-hydrogen) atoms. The van der Waals surface area contributed by atoms with Crippen molar-refractivity contribution in [2.75, 3.05) is 11.4 Å². The molecule has 0 spiro atoms. The molecule has 94 valence electrons. The Hall–Kier alpha value is -0.830. The number of anilines is 1. The van der Waals surface area contributed by atoms with E-state index in [1.807, 2.05) is 11.8 Å². The maximum Gasteiger partial charge on any atom is 0.149 e. The Morgan fingerprint density at radius 2 is 1.88 bits per heavy atom. The summed E-state index contributed by atoms with van der Waals surface area (Å²) in [6, 6.07) is 2.97. The topological polar surface area (TPSA) is 3.24 Å². The third-order valence-electron chi connectivity index (χ3n) is 2.97. The molecule has 4 heteroatoms. The fraction of sp³-hybridized carbons (Fsp3) is 0.538. The molecule has 2 rings (SSSR count). The first-order valence-corrected chi connectivity index (χ1v) is 6.51. The van der Waals surface area contributed by atoms with E-state index in [1.165, 1.54) is 12.1 Å². The monoisotopic (exact) mass is 259 g/mol. The Morgan fingerprint density at radius 1 is 1.29 bits per heavy atom. The molecule has 1 aliphatic carbocycles. The SMILES string of the molecule is CCCN(c1c(F)cc(CCl)cc1F)C1CC1. The number of hydrogen-bond donors (Lipinski definition) is 0. The van der Waals surface area contributed by atoms with Crippen molar-refractivity contribution in [1.82, 2.24) is 0 Å². The van der Waals surface area contributed by atoms with Crippen LogP contribution in [0.15, 0.2) is 12.1 Å². The molecule has 1 aliphatic rings. The van der Waals surface area contributed by atoms with E-state index in [9.17, 15) is 8.78 Å². The number of hydrogen-bond acceptors (Lipinski definition) is 1. The second-order valence-electron chi connectivity index (χ2n) is 4.47. The summed E-state index contributed by atoms with van der Waals surface area (Å²) < 4.78 is 27.8. The smallest absolute Gasteiger partial charge is 0.149 e. The van der Waals surface area contributed by atoms with E-state index in [4.69, 9.17) is 11.6 Å². The van der Waals surface area contributed by atoms with Crippen molar-refractivity contribution < 1.29 is 8.78 Å². The van der Waals surface area contributed by atoms with Crippen LogP contribution in [0.1, 0.15) is 31.7 Å². The van der Waals surface area contributed by atoms with Gasteiger partial charge in [0.2, 0.25) is 0 Å². The van der Waals surface area contributed by atoms with Crippen LogP contribution in [0.4, 0.5) is 14.5 Å². The molecular formula is C13H16ClF2N. The highest BCUT2D eigenvalue weighted by Gasteiger charge is 2.32. The maximum absolute atomic E-state index is 13.9. The number of benzene rings is 1. The van der Waals surface area contributed by atoms with Gasteiger partial charge < -0.3 is 4.90 Å². The van der Waals surface area contributed by atoms with Gasteiger partial charge in [0.05, 0.1) is 0 Å². The Morgan fingerprint density at radius 3 is 2.29 bits per heavy atom. The molecule has 0 radical (unpaired) electrons. The minimum atomic E-state index is -0.499. The second-order valence-corrected chi connectivity index (χ2v) is 4.73. The van der Waals surface area contributed by atoms with E-state index in [0.29, 0.717) is 18.2 Å². The lowest BCUT2D eigenvalue weighted by molar-refractivity contribution is 0.565. The van der Waals surface area contributed by atoms with Crippen LogP contribution in [0.3, 0.4) is 0 Å². The molecule has 0 N–H and O–H groups in total. The molecule has 0 saturated heterocycles. The van der Waals surface area contributed by atoms with E-state index >= 15 is 0 Å². The van der Waals surface area contributed by atoms with Gasteiger partial charge in [0, 0.05) is 18.5 Å². The van der Waals surface area contributed by atoms with Crippen molar-refractivity contribution in [3.05, 3.63) is 29.3 Å². The lowest BCUT2D eigenvalue weighted by Crippen LogP contribution is -2.28. The fourth-order valence-electron chi connectivity index (χ4n) is 2.07.